The van der Waals surface area contributed by atoms with Gasteiger partial charge >= 0.3 is 0 Å². The van der Waals surface area contributed by atoms with Crippen LogP contribution in [0.3, 0.4) is 0 Å². The van der Waals surface area contributed by atoms with Crippen molar-refractivity contribution in [2.24, 2.45) is 23.7 Å². The summed E-state index contributed by atoms with van der Waals surface area (Å²) in [4.78, 5) is 0. The molecule has 0 radical (unpaired) electrons. The summed E-state index contributed by atoms with van der Waals surface area (Å²) in [6.45, 7) is 1.10. The van der Waals surface area contributed by atoms with Gasteiger partial charge in [-0.15, -0.1) is 0 Å². The van der Waals surface area contributed by atoms with Crippen LogP contribution >= 0.6 is 0 Å². The lowest BCUT2D eigenvalue weighted by molar-refractivity contribution is 0.108. The van der Waals surface area contributed by atoms with Crippen molar-refractivity contribution in [3.05, 3.63) is 0 Å². The summed E-state index contributed by atoms with van der Waals surface area (Å²) in [5, 5.41) is 12.5. The summed E-state index contributed by atoms with van der Waals surface area (Å²) in [5.41, 5.74) is 0. The maximum Gasteiger partial charge on any atom is 0.0556 e. The number of rotatable bonds is 3. The summed E-state index contributed by atoms with van der Waals surface area (Å²) in [6.07, 6.45) is 7.39. The highest BCUT2D eigenvalue weighted by molar-refractivity contribution is 5.02. The second-order valence-corrected chi connectivity index (χ2v) is 5.54. The van der Waals surface area contributed by atoms with Gasteiger partial charge in [0.25, 0.3) is 0 Å². The minimum Gasteiger partial charge on any atom is -0.395 e. The fraction of sp³-hybridized carbons (Fsp3) is 1.00. The molecule has 3 fully saturated rings. The SMILES string of the molecule is OCCNC1C2CCC3CC(C2)CC31. The average molecular weight is 195 g/mol. The number of aliphatic hydroxyl groups excluding tert-OH is 1. The van der Waals surface area contributed by atoms with E-state index in [0.29, 0.717) is 6.61 Å². The van der Waals surface area contributed by atoms with Gasteiger partial charge in [0, 0.05) is 12.6 Å². The molecular weight excluding hydrogens is 174 g/mol. The predicted octanol–water partition coefficient (Wildman–Crippen LogP) is 1.39. The topological polar surface area (TPSA) is 32.3 Å². The van der Waals surface area contributed by atoms with Crippen molar-refractivity contribution < 1.29 is 5.11 Å². The highest BCUT2D eigenvalue weighted by Crippen LogP contribution is 2.54. The van der Waals surface area contributed by atoms with E-state index in [1.54, 1.807) is 0 Å². The van der Waals surface area contributed by atoms with Crippen LogP contribution in [0.15, 0.2) is 0 Å². The van der Waals surface area contributed by atoms with Crippen LogP contribution in [0.2, 0.25) is 0 Å². The van der Waals surface area contributed by atoms with Crippen molar-refractivity contribution >= 4 is 0 Å². The van der Waals surface area contributed by atoms with E-state index in [2.05, 4.69) is 5.32 Å². The van der Waals surface area contributed by atoms with Crippen LogP contribution in [0, 0.1) is 23.7 Å². The summed E-state index contributed by atoms with van der Waals surface area (Å²) >= 11 is 0. The van der Waals surface area contributed by atoms with Crippen molar-refractivity contribution in [2.45, 2.75) is 38.1 Å². The van der Waals surface area contributed by atoms with E-state index in [0.717, 1.165) is 36.3 Å². The van der Waals surface area contributed by atoms with Gasteiger partial charge in [-0.2, -0.15) is 0 Å². The van der Waals surface area contributed by atoms with Gasteiger partial charge in [-0.05, 0) is 55.8 Å². The molecule has 3 aliphatic rings. The normalized spacial score (nSPS) is 49.9. The van der Waals surface area contributed by atoms with E-state index in [1.165, 1.54) is 32.1 Å². The first kappa shape index (κ1) is 9.17. The van der Waals surface area contributed by atoms with Gasteiger partial charge in [0.2, 0.25) is 0 Å². The number of fused-ring (bicyclic) bond motifs is 2. The van der Waals surface area contributed by atoms with Crippen molar-refractivity contribution in [3.63, 3.8) is 0 Å². The smallest absolute Gasteiger partial charge is 0.0556 e. The molecule has 3 rings (SSSR count). The number of hydrogen-bond acceptors (Lipinski definition) is 2. The third-order valence-electron chi connectivity index (χ3n) is 4.85. The number of nitrogens with one attached hydrogen (secondary N) is 1. The van der Waals surface area contributed by atoms with E-state index >= 15 is 0 Å². The molecule has 2 N–H and O–H groups in total. The van der Waals surface area contributed by atoms with Gasteiger partial charge in [0.15, 0.2) is 0 Å². The highest BCUT2D eigenvalue weighted by Gasteiger charge is 2.49. The van der Waals surface area contributed by atoms with Crippen LogP contribution in [-0.2, 0) is 0 Å². The lowest BCUT2D eigenvalue weighted by Crippen LogP contribution is -2.49. The average Bonchev–Trinajstić information content (AvgIpc) is 2.40. The Morgan fingerprint density at radius 1 is 1.07 bits per heavy atom. The van der Waals surface area contributed by atoms with Crippen LogP contribution in [0.1, 0.15) is 32.1 Å². The Bertz CT molecular complexity index is 218. The molecule has 3 saturated carbocycles. The minimum absolute atomic E-state index is 0.296. The molecule has 0 saturated heterocycles. The third kappa shape index (κ3) is 1.31. The quantitative estimate of drug-likeness (QED) is 0.713. The van der Waals surface area contributed by atoms with E-state index < -0.39 is 0 Å². The fourth-order valence-electron chi connectivity index (χ4n) is 4.44. The maximum absolute atomic E-state index is 8.87. The molecule has 2 heteroatoms. The zero-order valence-corrected chi connectivity index (χ0v) is 8.78. The molecule has 0 heterocycles. The predicted molar refractivity (Wildman–Crippen MR) is 55.9 cm³/mol. The van der Waals surface area contributed by atoms with Gasteiger partial charge in [-0.3, -0.25) is 0 Å². The second-order valence-electron chi connectivity index (χ2n) is 5.54. The monoisotopic (exact) mass is 195 g/mol. The van der Waals surface area contributed by atoms with Crippen LogP contribution in [0.5, 0.6) is 0 Å². The molecule has 3 aliphatic carbocycles. The van der Waals surface area contributed by atoms with E-state index in [1.807, 2.05) is 0 Å². The standard InChI is InChI=1S/C12H21NO/c14-4-3-13-12-10-2-1-9-5-8(6-10)7-11(9)12/h8-14H,1-7H2. The van der Waals surface area contributed by atoms with Crippen LogP contribution < -0.4 is 5.32 Å². The van der Waals surface area contributed by atoms with Crippen molar-refractivity contribution in [1.82, 2.24) is 5.32 Å². The van der Waals surface area contributed by atoms with Crippen molar-refractivity contribution in [1.29, 1.82) is 0 Å². The molecule has 14 heavy (non-hydrogen) atoms. The summed E-state index contributed by atoms with van der Waals surface area (Å²) in [7, 11) is 0. The van der Waals surface area contributed by atoms with Gasteiger partial charge in [-0.25, -0.2) is 0 Å². The zero-order chi connectivity index (χ0) is 9.54. The van der Waals surface area contributed by atoms with Gasteiger partial charge in [-0.1, -0.05) is 0 Å². The molecule has 5 unspecified atom stereocenters. The highest BCUT2D eigenvalue weighted by atomic mass is 16.3. The summed E-state index contributed by atoms with van der Waals surface area (Å²) in [5.74, 6) is 3.97. The van der Waals surface area contributed by atoms with E-state index in [-0.39, 0.29) is 0 Å². The van der Waals surface area contributed by atoms with Crippen LogP contribution in [0.4, 0.5) is 0 Å². The Hall–Kier alpha value is -0.0800. The van der Waals surface area contributed by atoms with Crippen molar-refractivity contribution in [3.8, 4) is 0 Å². The molecular formula is C12H21NO. The Kier molecular flexibility index (Phi) is 2.29. The molecule has 0 aliphatic heterocycles. The molecule has 0 aromatic rings. The Morgan fingerprint density at radius 3 is 2.71 bits per heavy atom. The number of aliphatic hydroxyl groups is 1. The fourth-order valence-corrected chi connectivity index (χ4v) is 4.44. The lowest BCUT2D eigenvalue weighted by Gasteiger charge is -2.43. The summed E-state index contributed by atoms with van der Waals surface area (Å²) in [6, 6.07) is 0.750. The first-order valence-electron chi connectivity index (χ1n) is 6.22. The molecule has 2 nitrogen and oxygen atoms in total. The Labute approximate surface area is 86.1 Å². The van der Waals surface area contributed by atoms with Crippen LogP contribution in [-0.4, -0.2) is 24.3 Å². The largest absolute Gasteiger partial charge is 0.395 e. The molecule has 0 amide bonds. The van der Waals surface area contributed by atoms with E-state index in [4.69, 9.17) is 5.11 Å². The third-order valence-corrected chi connectivity index (χ3v) is 4.85. The summed E-state index contributed by atoms with van der Waals surface area (Å²) < 4.78 is 0. The first-order chi connectivity index (χ1) is 6.88. The number of hydrogen-bond donors (Lipinski definition) is 2. The zero-order valence-electron chi connectivity index (χ0n) is 8.78. The molecule has 0 spiro atoms. The van der Waals surface area contributed by atoms with Gasteiger partial charge in [0.1, 0.15) is 0 Å². The first-order valence-corrected chi connectivity index (χ1v) is 6.22. The molecule has 5 atom stereocenters. The Morgan fingerprint density at radius 2 is 1.86 bits per heavy atom. The molecule has 3 bridgehead atoms. The second kappa shape index (κ2) is 3.49. The van der Waals surface area contributed by atoms with Gasteiger partial charge < -0.3 is 10.4 Å². The maximum atomic E-state index is 8.87. The lowest BCUT2D eigenvalue weighted by atomic mass is 9.68. The molecule has 0 aromatic heterocycles. The van der Waals surface area contributed by atoms with Crippen molar-refractivity contribution in [2.75, 3.05) is 13.2 Å². The van der Waals surface area contributed by atoms with Crippen LogP contribution in [0.25, 0.3) is 0 Å². The molecule has 0 aromatic carbocycles. The Balaban J connectivity index is 1.73. The van der Waals surface area contributed by atoms with Gasteiger partial charge in [0.05, 0.1) is 6.61 Å². The molecule has 80 valence electrons. The van der Waals surface area contributed by atoms with E-state index in [9.17, 15) is 0 Å². The minimum atomic E-state index is 0.296.